The van der Waals surface area contributed by atoms with Gasteiger partial charge in [-0.2, -0.15) is 4.31 Å². The second kappa shape index (κ2) is 9.41. The van der Waals surface area contributed by atoms with Crippen molar-refractivity contribution < 1.29 is 27.1 Å². The van der Waals surface area contributed by atoms with E-state index in [1.165, 1.54) is 22.6 Å². The standard InChI is InChI=1S/C22H21ClN2O6S/c1-15-2-3-17(12-20(15)32(27,28)25-8-10-29-11-9-25)22(26)30-14-21-24-13-19(31-21)16-4-6-18(23)7-5-16/h2-7,12-13H,8-11,14H2,1H3. The second-order valence-corrected chi connectivity index (χ2v) is 9.54. The molecule has 4 rings (SSSR count). The monoisotopic (exact) mass is 476 g/mol. The number of benzene rings is 2. The highest BCUT2D eigenvalue weighted by molar-refractivity contribution is 7.89. The Kier molecular flexibility index (Phi) is 6.61. The van der Waals surface area contributed by atoms with Gasteiger partial charge in [-0.1, -0.05) is 17.7 Å². The summed E-state index contributed by atoms with van der Waals surface area (Å²) in [5.41, 5.74) is 1.47. The lowest BCUT2D eigenvalue weighted by Crippen LogP contribution is -2.40. The van der Waals surface area contributed by atoms with E-state index >= 15 is 0 Å². The van der Waals surface area contributed by atoms with E-state index in [4.69, 9.17) is 25.5 Å². The molecule has 0 aliphatic carbocycles. The van der Waals surface area contributed by atoms with E-state index in [-0.39, 0.29) is 36.0 Å². The molecule has 0 radical (unpaired) electrons. The van der Waals surface area contributed by atoms with E-state index in [1.54, 1.807) is 37.3 Å². The smallest absolute Gasteiger partial charge is 0.338 e. The Hall–Kier alpha value is -2.72. The molecular formula is C22H21ClN2O6S. The van der Waals surface area contributed by atoms with Gasteiger partial charge in [-0.25, -0.2) is 18.2 Å². The van der Waals surface area contributed by atoms with E-state index in [1.807, 2.05) is 0 Å². The lowest BCUT2D eigenvalue weighted by Gasteiger charge is -2.26. The zero-order valence-electron chi connectivity index (χ0n) is 17.3. The van der Waals surface area contributed by atoms with Gasteiger partial charge in [0.2, 0.25) is 15.9 Å². The molecule has 10 heteroatoms. The molecule has 0 amide bonds. The molecule has 0 spiro atoms. The van der Waals surface area contributed by atoms with Crippen LogP contribution in [0.4, 0.5) is 0 Å². The van der Waals surface area contributed by atoms with Crippen molar-refractivity contribution in [3.05, 3.63) is 70.7 Å². The van der Waals surface area contributed by atoms with E-state index < -0.39 is 16.0 Å². The van der Waals surface area contributed by atoms with E-state index in [9.17, 15) is 13.2 Å². The van der Waals surface area contributed by atoms with Crippen molar-refractivity contribution in [3.8, 4) is 11.3 Å². The number of sulfonamides is 1. The Morgan fingerprint density at radius 1 is 1.16 bits per heavy atom. The number of hydrogen-bond donors (Lipinski definition) is 0. The zero-order chi connectivity index (χ0) is 22.7. The third-order valence-corrected chi connectivity index (χ3v) is 7.31. The first-order chi connectivity index (χ1) is 15.3. The van der Waals surface area contributed by atoms with Crippen LogP contribution in [0.1, 0.15) is 21.8 Å². The largest absolute Gasteiger partial charge is 0.452 e. The molecule has 0 bridgehead atoms. The lowest BCUT2D eigenvalue weighted by molar-refractivity contribution is 0.0438. The number of morpholine rings is 1. The van der Waals surface area contributed by atoms with E-state index in [0.717, 1.165) is 5.56 Å². The van der Waals surface area contributed by atoms with Gasteiger partial charge in [0, 0.05) is 23.7 Å². The van der Waals surface area contributed by atoms with Gasteiger partial charge in [0.05, 0.1) is 29.9 Å². The fraction of sp³-hybridized carbons (Fsp3) is 0.273. The maximum atomic E-state index is 13.0. The van der Waals surface area contributed by atoms with Gasteiger partial charge in [0.1, 0.15) is 0 Å². The summed E-state index contributed by atoms with van der Waals surface area (Å²) >= 11 is 5.89. The third kappa shape index (κ3) is 4.86. The normalized spacial score (nSPS) is 14.9. The van der Waals surface area contributed by atoms with Crippen LogP contribution in [0.3, 0.4) is 0 Å². The van der Waals surface area contributed by atoms with Crippen LogP contribution in [0, 0.1) is 6.92 Å². The number of carbonyl (C=O) groups excluding carboxylic acids is 1. The number of aryl methyl sites for hydroxylation is 1. The van der Waals surface area contributed by atoms with Gasteiger partial charge >= 0.3 is 5.97 Å². The zero-order valence-corrected chi connectivity index (χ0v) is 18.9. The number of carbonyl (C=O) groups is 1. The minimum atomic E-state index is -3.74. The molecular weight excluding hydrogens is 456 g/mol. The van der Waals surface area contributed by atoms with Gasteiger partial charge < -0.3 is 13.9 Å². The fourth-order valence-corrected chi connectivity index (χ4v) is 5.05. The van der Waals surface area contributed by atoms with Crippen molar-refractivity contribution >= 4 is 27.6 Å². The highest BCUT2D eigenvalue weighted by atomic mass is 35.5. The molecule has 1 aliphatic rings. The van der Waals surface area contributed by atoms with Crippen molar-refractivity contribution in [2.75, 3.05) is 26.3 Å². The number of rotatable bonds is 6. The highest BCUT2D eigenvalue weighted by Gasteiger charge is 2.28. The molecule has 0 saturated carbocycles. The van der Waals surface area contributed by atoms with Crippen LogP contribution in [-0.4, -0.2) is 50.0 Å². The van der Waals surface area contributed by atoms with Crippen LogP contribution in [0.2, 0.25) is 5.02 Å². The molecule has 32 heavy (non-hydrogen) atoms. The number of hydrogen-bond acceptors (Lipinski definition) is 7. The summed E-state index contributed by atoms with van der Waals surface area (Å²) < 4.78 is 43.5. The highest BCUT2D eigenvalue weighted by Crippen LogP contribution is 2.24. The van der Waals surface area contributed by atoms with Crippen LogP contribution in [0.5, 0.6) is 0 Å². The average molecular weight is 477 g/mol. The van der Waals surface area contributed by atoms with Gasteiger partial charge in [-0.15, -0.1) is 0 Å². The van der Waals surface area contributed by atoms with Crippen LogP contribution in [0.25, 0.3) is 11.3 Å². The number of oxazole rings is 1. The first-order valence-electron chi connectivity index (χ1n) is 9.91. The topological polar surface area (TPSA) is 98.9 Å². The van der Waals surface area contributed by atoms with Gasteiger partial charge in [-0.05, 0) is 48.9 Å². The lowest BCUT2D eigenvalue weighted by atomic mass is 10.1. The summed E-state index contributed by atoms with van der Waals surface area (Å²) in [6.45, 7) is 2.73. The van der Waals surface area contributed by atoms with Crippen molar-refractivity contribution in [1.82, 2.24) is 9.29 Å². The quantitative estimate of drug-likeness (QED) is 0.500. The maximum absolute atomic E-state index is 13.0. The van der Waals surface area contributed by atoms with Crippen molar-refractivity contribution in [2.45, 2.75) is 18.4 Å². The number of ether oxygens (including phenoxy) is 2. The molecule has 8 nitrogen and oxygen atoms in total. The molecule has 1 fully saturated rings. The average Bonchev–Trinajstić information content (AvgIpc) is 3.28. The van der Waals surface area contributed by atoms with Gasteiger partial charge in [-0.3, -0.25) is 0 Å². The molecule has 2 aromatic carbocycles. The Labute approximate surface area is 190 Å². The molecule has 1 aliphatic heterocycles. The van der Waals surface area contributed by atoms with Crippen molar-refractivity contribution in [3.63, 3.8) is 0 Å². The fourth-order valence-electron chi connectivity index (χ4n) is 3.27. The maximum Gasteiger partial charge on any atom is 0.338 e. The van der Waals surface area contributed by atoms with Crippen LogP contribution in [0.15, 0.2) is 58.0 Å². The van der Waals surface area contributed by atoms with Crippen LogP contribution < -0.4 is 0 Å². The summed E-state index contributed by atoms with van der Waals surface area (Å²) in [6, 6.07) is 11.5. The van der Waals surface area contributed by atoms with E-state index in [0.29, 0.717) is 29.6 Å². The minimum Gasteiger partial charge on any atom is -0.452 e. The summed E-state index contributed by atoms with van der Waals surface area (Å²) in [5, 5.41) is 0.607. The Balaban J connectivity index is 1.46. The second-order valence-electron chi connectivity index (χ2n) is 7.20. The predicted molar refractivity (Wildman–Crippen MR) is 117 cm³/mol. The van der Waals surface area contributed by atoms with E-state index in [2.05, 4.69) is 4.98 Å². The molecule has 2 heterocycles. The summed E-state index contributed by atoms with van der Waals surface area (Å²) in [5.74, 6) is 0.0631. The first-order valence-corrected chi connectivity index (χ1v) is 11.7. The number of esters is 1. The summed E-state index contributed by atoms with van der Waals surface area (Å²) in [6.07, 6.45) is 1.53. The van der Waals surface area contributed by atoms with Crippen molar-refractivity contribution in [2.24, 2.45) is 0 Å². The Bertz CT molecular complexity index is 1220. The number of nitrogens with zero attached hydrogens (tertiary/aromatic N) is 2. The first kappa shape index (κ1) is 22.5. The predicted octanol–water partition coefficient (Wildman–Crippen LogP) is 3.68. The SMILES string of the molecule is Cc1ccc(C(=O)OCc2ncc(-c3ccc(Cl)cc3)o2)cc1S(=O)(=O)N1CCOCC1. The Morgan fingerprint density at radius 2 is 1.88 bits per heavy atom. The molecule has 168 valence electrons. The van der Waals surface area contributed by atoms with Crippen LogP contribution in [-0.2, 0) is 26.1 Å². The molecule has 0 unspecified atom stereocenters. The minimum absolute atomic E-state index is 0.0787. The summed E-state index contributed by atoms with van der Waals surface area (Å²) in [7, 11) is -3.74. The molecule has 0 atom stereocenters. The number of halogens is 1. The van der Waals surface area contributed by atoms with Crippen LogP contribution >= 0.6 is 11.6 Å². The van der Waals surface area contributed by atoms with Crippen molar-refractivity contribution in [1.29, 1.82) is 0 Å². The number of aromatic nitrogens is 1. The van der Waals surface area contributed by atoms with Gasteiger partial charge in [0.15, 0.2) is 12.4 Å². The molecule has 1 aromatic heterocycles. The Morgan fingerprint density at radius 3 is 2.59 bits per heavy atom. The molecule has 1 saturated heterocycles. The molecule has 3 aromatic rings. The summed E-state index contributed by atoms with van der Waals surface area (Å²) in [4.78, 5) is 16.8. The molecule has 0 N–H and O–H groups in total. The third-order valence-electron chi connectivity index (χ3n) is 5.02. The van der Waals surface area contributed by atoms with Gasteiger partial charge in [0.25, 0.3) is 0 Å².